The molecule has 0 aliphatic carbocycles. The molecule has 0 atom stereocenters. The van der Waals surface area contributed by atoms with Gasteiger partial charge in [-0.3, -0.25) is 15.0 Å². The molecule has 370 valence electrons. The zero-order valence-corrected chi connectivity index (χ0v) is 42.8. The Balaban J connectivity index is 0.919. The number of hydrogen-bond acceptors (Lipinski definition) is 7. The normalized spacial score (nSPS) is 11.2. The van der Waals surface area contributed by atoms with Gasteiger partial charge in [0, 0.05) is 72.9 Å². The lowest BCUT2D eigenvalue weighted by atomic mass is 9.92. The Kier molecular flexibility index (Phi) is 11.8. The molecule has 0 bridgehead atoms. The predicted octanol–water partition coefficient (Wildman–Crippen LogP) is 18.1. The van der Waals surface area contributed by atoms with E-state index in [4.69, 9.17) is 36.5 Å². The maximum absolute atomic E-state index is 11.1. The van der Waals surface area contributed by atoms with Gasteiger partial charge < -0.3 is 0 Å². The maximum atomic E-state index is 11.1. The van der Waals surface area contributed by atoms with E-state index in [-0.39, 0.29) is 0 Å². The number of benzene rings is 8. The van der Waals surface area contributed by atoms with Crippen molar-refractivity contribution in [1.82, 2.24) is 29.9 Å². The van der Waals surface area contributed by atoms with Crippen molar-refractivity contribution < 1.29 is 0 Å². The van der Waals surface area contributed by atoms with Gasteiger partial charge in [0.05, 0.1) is 68.4 Å². The first kappa shape index (κ1) is 47.2. The molecule has 0 aliphatic heterocycles. The summed E-state index contributed by atoms with van der Waals surface area (Å²) in [7, 11) is 0. The topological polar surface area (TPSA) is 105 Å². The van der Waals surface area contributed by atoms with Crippen LogP contribution in [0.15, 0.2) is 255 Å². The highest BCUT2D eigenvalue weighted by Crippen LogP contribution is 2.46. The zero-order valence-electron chi connectivity index (χ0n) is 42.8. The molecule has 6 aromatic heterocycles. The first-order valence-electron chi connectivity index (χ1n) is 26.3. The van der Waals surface area contributed by atoms with Gasteiger partial charge in [-0.15, -0.1) is 0 Å². The van der Waals surface area contributed by atoms with Crippen molar-refractivity contribution in [2.75, 3.05) is 0 Å². The molecule has 0 aliphatic rings. The molecule has 80 heavy (non-hydrogen) atoms. The van der Waals surface area contributed by atoms with E-state index in [0.29, 0.717) is 56.2 Å². The van der Waals surface area contributed by atoms with Crippen LogP contribution in [-0.2, 0) is 0 Å². The minimum absolute atomic E-state index is 0.403. The highest BCUT2D eigenvalue weighted by Gasteiger charge is 2.25. The van der Waals surface area contributed by atoms with Crippen molar-refractivity contribution in [1.29, 1.82) is 5.26 Å². The Morgan fingerprint density at radius 3 is 1.10 bits per heavy atom. The van der Waals surface area contributed by atoms with Crippen molar-refractivity contribution in [2.45, 2.75) is 0 Å². The Labute approximate surface area is 461 Å². The second kappa shape index (κ2) is 20.0. The summed E-state index contributed by atoms with van der Waals surface area (Å²) in [6, 6.07) is 83.9. The number of hydrogen-bond donors (Lipinski definition) is 0. The smallest absolute Gasteiger partial charge is 0.222 e. The van der Waals surface area contributed by atoms with Gasteiger partial charge in [-0.05, 0) is 52.1 Å². The number of rotatable bonds is 9. The van der Waals surface area contributed by atoms with E-state index in [1.165, 1.54) is 0 Å². The highest BCUT2D eigenvalue weighted by molar-refractivity contribution is 6.17. The quantitative estimate of drug-likeness (QED) is 0.105. The van der Waals surface area contributed by atoms with Gasteiger partial charge >= 0.3 is 0 Å². The minimum Gasteiger partial charge on any atom is -0.257 e. The van der Waals surface area contributed by atoms with Crippen LogP contribution in [-0.4, -0.2) is 29.9 Å². The largest absolute Gasteiger partial charge is 0.257 e. The molecule has 8 heteroatoms. The molecule has 0 fully saturated rings. The van der Waals surface area contributed by atoms with E-state index in [9.17, 15) is 5.26 Å². The van der Waals surface area contributed by atoms with Gasteiger partial charge in [0.15, 0.2) is 0 Å². The first-order chi connectivity index (χ1) is 39.6. The molecule has 0 radical (unpaired) electrons. The Bertz CT molecular complexity index is 4470. The van der Waals surface area contributed by atoms with E-state index in [2.05, 4.69) is 95.8 Å². The monoisotopic (exact) mass is 1020 g/mol. The second-order valence-corrected chi connectivity index (χ2v) is 19.5. The van der Waals surface area contributed by atoms with Crippen molar-refractivity contribution in [3.05, 3.63) is 272 Å². The van der Waals surface area contributed by atoms with E-state index in [1.807, 2.05) is 170 Å². The van der Waals surface area contributed by atoms with Crippen LogP contribution >= 0.6 is 0 Å². The molecule has 0 saturated carbocycles. The predicted molar refractivity (Wildman–Crippen MR) is 323 cm³/mol. The summed E-state index contributed by atoms with van der Waals surface area (Å²) in [5.74, 6) is 0. The molecule has 0 amide bonds. The van der Waals surface area contributed by atoms with E-state index in [0.717, 1.165) is 99.6 Å². The van der Waals surface area contributed by atoms with Gasteiger partial charge in [-0.25, -0.2) is 19.8 Å². The fourth-order valence-electron chi connectivity index (χ4n) is 11.0. The molecular weight excluding hydrogens is 977 g/mol. The minimum atomic E-state index is 0.403. The Morgan fingerprint density at radius 2 is 0.688 bits per heavy atom. The molecule has 14 aromatic rings. The molecule has 8 aromatic carbocycles. The lowest BCUT2D eigenvalue weighted by Gasteiger charge is -2.17. The van der Waals surface area contributed by atoms with Crippen LogP contribution in [0.2, 0.25) is 0 Å². The van der Waals surface area contributed by atoms with Crippen molar-refractivity contribution in [3.8, 4) is 107 Å². The third kappa shape index (κ3) is 8.25. The van der Waals surface area contributed by atoms with Crippen molar-refractivity contribution >= 4 is 49.3 Å². The lowest BCUT2D eigenvalue weighted by molar-refractivity contribution is 1.29. The summed E-state index contributed by atoms with van der Waals surface area (Å²) >= 11 is 0. The van der Waals surface area contributed by atoms with Crippen LogP contribution in [0.25, 0.3) is 149 Å². The van der Waals surface area contributed by atoms with Crippen molar-refractivity contribution in [3.63, 3.8) is 0 Å². The first-order valence-corrected chi connectivity index (χ1v) is 26.3. The molecule has 0 spiro atoms. The van der Waals surface area contributed by atoms with Gasteiger partial charge in [0.2, 0.25) is 5.69 Å². The van der Waals surface area contributed by atoms with E-state index in [1.54, 1.807) is 0 Å². The number of nitrogens with zero attached hydrogens (tertiary/aromatic N) is 8. The molecular formula is C72H42N8. The van der Waals surface area contributed by atoms with Crippen LogP contribution in [0.1, 0.15) is 5.56 Å². The molecule has 0 N–H and O–H groups in total. The summed E-state index contributed by atoms with van der Waals surface area (Å²) in [6.45, 7) is 8.70. The lowest BCUT2D eigenvalue weighted by Crippen LogP contribution is -2.00. The number of aromatic nitrogens is 6. The molecule has 0 unspecified atom stereocenters. The standard InChI is InChI=1S/C72H42N8/c1-74-72-65(56-37-35-54-58(46-22-10-3-11-23-46)41-63(48-26-14-5-15-27-48)78-69(54)71(56)80-67(72)50-30-18-7-19-31-50)61-39-33-52(44-76-61)51-32-38-60(75-43-51)64-55-36-34-53-57(45-20-8-2-9-21-45)40-62(47-24-12-4-13-25-47)77-68(53)70(55)79-66(59(64)42-73)49-28-16-6-17-29-49/h2-41,43-44H. The average Bonchev–Trinajstić information content (AvgIpc) is 3.56. The fourth-order valence-corrected chi connectivity index (χ4v) is 11.0. The molecule has 0 saturated heterocycles. The molecule has 6 heterocycles. The van der Waals surface area contributed by atoms with Gasteiger partial charge in [-0.2, -0.15) is 5.26 Å². The summed E-state index contributed by atoms with van der Waals surface area (Å²) in [5, 5.41) is 14.6. The number of nitriles is 1. The van der Waals surface area contributed by atoms with Crippen LogP contribution in [0, 0.1) is 17.9 Å². The van der Waals surface area contributed by atoms with Gasteiger partial charge in [0.1, 0.15) is 6.07 Å². The summed E-state index contributed by atoms with van der Waals surface area (Å²) in [4.78, 5) is 35.9. The van der Waals surface area contributed by atoms with Crippen LogP contribution in [0.3, 0.4) is 0 Å². The van der Waals surface area contributed by atoms with E-state index < -0.39 is 0 Å². The summed E-state index contributed by atoms with van der Waals surface area (Å²) in [5.41, 5.74) is 18.4. The highest BCUT2D eigenvalue weighted by atomic mass is 14.8. The summed E-state index contributed by atoms with van der Waals surface area (Å²) in [6.07, 6.45) is 3.66. The molecule has 14 rings (SSSR count). The van der Waals surface area contributed by atoms with Crippen molar-refractivity contribution in [2.24, 2.45) is 0 Å². The number of pyridine rings is 6. The average molecular weight is 1020 g/mol. The van der Waals surface area contributed by atoms with Crippen LogP contribution in [0.4, 0.5) is 5.69 Å². The Hall–Kier alpha value is -11.3. The Morgan fingerprint density at radius 1 is 0.325 bits per heavy atom. The zero-order chi connectivity index (χ0) is 53.5. The maximum Gasteiger partial charge on any atom is 0.222 e. The summed E-state index contributed by atoms with van der Waals surface area (Å²) < 4.78 is 0. The third-order valence-electron chi connectivity index (χ3n) is 14.8. The number of fused-ring (bicyclic) bond motifs is 6. The second-order valence-electron chi connectivity index (χ2n) is 19.5. The molecule has 8 nitrogen and oxygen atoms in total. The fraction of sp³-hybridized carbons (Fsp3) is 0. The van der Waals surface area contributed by atoms with Gasteiger partial charge in [-0.1, -0.05) is 218 Å². The third-order valence-corrected chi connectivity index (χ3v) is 14.8. The van der Waals surface area contributed by atoms with E-state index >= 15 is 0 Å². The van der Waals surface area contributed by atoms with Gasteiger partial charge in [0.25, 0.3) is 0 Å². The SMILES string of the molecule is [C-]#[N+]c1c(-c2ccccc2)nc2c(ccc3c(-c4ccccc4)cc(-c4ccccc4)nc32)c1-c1ccc(-c2ccc(-c3c(C#N)c(-c4ccccc4)nc4c3ccc3c(-c5ccccc5)cc(-c5ccccc5)nc34)nc2)cn1. The van der Waals surface area contributed by atoms with Crippen LogP contribution < -0.4 is 0 Å². The van der Waals surface area contributed by atoms with Crippen LogP contribution in [0.5, 0.6) is 0 Å².